The number of amides is 1. The van der Waals surface area contributed by atoms with E-state index in [1.165, 1.54) is 0 Å². The molecule has 2 saturated heterocycles. The van der Waals surface area contributed by atoms with Crippen LogP contribution in [0.3, 0.4) is 0 Å². The van der Waals surface area contributed by atoms with Crippen molar-refractivity contribution in [3.05, 3.63) is 54.1 Å². The van der Waals surface area contributed by atoms with Crippen LogP contribution in [0, 0.1) is 0 Å². The average molecular weight is 396 g/mol. The van der Waals surface area contributed by atoms with E-state index in [0.29, 0.717) is 13.1 Å². The van der Waals surface area contributed by atoms with Crippen molar-refractivity contribution in [1.82, 2.24) is 15.8 Å². The second-order valence-corrected chi connectivity index (χ2v) is 7.39. The van der Waals surface area contributed by atoms with E-state index >= 15 is 0 Å². The van der Waals surface area contributed by atoms with Crippen LogP contribution in [0.5, 0.6) is 11.5 Å². The summed E-state index contributed by atoms with van der Waals surface area (Å²) in [5.41, 5.74) is 8.68. The first-order chi connectivity index (χ1) is 14.2. The summed E-state index contributed by atoms with van der Waals surface area (Å²) < 4.78 is 10.7. The minimum Gasteiger partial charge on any atom is -0.497 e. The van der Waals surface area contributed by atoms with Gasteiger partial charge in [0.1, 0.15) is 17.5 Å². The lowest BCUT2D eigenvalue weighted by Gasteiger charge is -2.37. The molecule has 2 aliphatic rings. The largest absolute Gasteiger partial charge is 0.497 e. The zero-order valence-electron chi connectivity index (χ0n) is 16.9. The van der Waals surface area contributed by atoms with Gasteiger partial charge in [-0.15, -0.1) is 0 Å². The van der Waals surface area contributed by atoms with Crippen molar-refractivity contribution in [2.45, 2.75) is 18.5 Å². The molecule has 0 spiro atoms. The molecule has 154 valence electrons. The number of rotatable bonds is 5. The third kappa shape index (κ3) is 4.16. The van der Waals surface area contributed by atoms with Crippen LogP contribution in [0.4, 0.5) is 5.69 Å². The van der Waals surface area contributed by atoms with E-state index in [0.717, 1.165) is 42.3 Å². The Morgan fingerprint density at radius 2 is 1.66 bits per heavy atom. The topological polar surface area (TPSA) is 66.1 Å². The highest BCUT2D eigenvalue weighted by molar-refractivity contribution is 5.82. The van der Waals surface area contributed by atoms with Crippen molar-refractivity contribution in [2.24, 2.45) is 0 Å². The standard InChI is InChI=1S/C22H28N4O3/c1-28-17-9-7-16(8-10-17)18-15-19(24-23-18)22(27)26-13-11-25(12-14-26)20-5-3-4-6-21(20)29-2/h3-10,18-19,23-24H,11-15H2,1-2H3. The predicted octanol–water partition coefficient (Wildman–Crippen LogP) is 1.96. The Kier molecular flexibility index (Phi) is 5.87. The number of methoxy groups -OCH3 is 2. The van der Waals surface area contributed by atoms with Crippen molar-refractivity contribution in [1.29, 1.82) is 0 Å². The van der Waals surface area contributed by atoms with Gasteiger partial charge in [0.05, 0.1) is 19.9 Å². The van der Waals surface area contributed by atoms with E-state index in [9.17, 15) is 4.79 Å². The maximum absolute atomic E-state index is 13.0. The first kappa shape index (κ1) is 19.5. The van der Waals surface area contributed by atoms with Crippen LogP contribution >= 0.6 is 0 Å². The summed E-state index contributed by atoms with van der Waals surface area (Å²) >= 11 is 0. The molecule has 0 radical (unpaired) electrons. The molecule has 0 aliphatic carbocycles. The van der Waals surface area contributed by atoms with E-state index < -0.39 is 0 Å². The van der Waals surface area contributed by atoms with Gasteiger partial charge in [-0.3, -0.25) is 4.79 Å². The molecule has 2 fully saturated rings. The molecule has 2 atom stereocenters. The molecule has 2 unspecified atom stereocenters. The fraction of sp³-hybridized carbons (Fsp3) is 0.409. The highest BCUT2D eigenvalue weighted by atomic mass is 16.5. The summed E-state index contributed by atoms with van der Waals surface area (Å²) in [6, 6.07) is 15.9. The number of nitrogens with one attached hydrogen (secondary N) is 2. The van der Waals surface area contributed by atoms with Crippen molar-refractivity contribution in [2.75, 3.05) is 45.3 Å². The summed E-state index contributed by atoms with van der Waals surface area (Å²) in [7, 11) is 3.35. The molecule has 0 saturated carbocycles. The van der Waals surface area contributed by atoms with Gasteiger partial charge in [-0.05, 0) is 36.2 Å². The number of para-hydroxylation sites is 2. The number of benzene rings is 2. The van der Waals surface area contributed by atoms with Gasteiger partial charge in [0, 0.05) is 32.2 Å². The van der Waals surface area contributed by atoms with Crippen LogP contribution in [0.1, 0.15) is 18.0 Å². The number of carbonyl (C=O) groups excluding carboxylic acids is 1. The Hall–Kier alpha value is -2.77. The second-order valence-electron chi connectivity index (χ2n) is 7.39. The molecule has 7 heteroatoms. The molecule has 2 aliphatic heterocycles. The number of carbonyl (C=O) groups is 1. The minimum atomic E-state index is -0.208. The first-order valence-electron chi connectivity index (χ1n) is 10.0. The Balaban J connectivity index is 1.33. The number of hydrogen-bond acceptors (Lipinski definition) is 6. The molecule has 4 rings (SSSR count). The predicted molar refractivity (Wildman–Crippen MR) is 112 cm³/mol. The van der Waals surface area contributed by atoms with Crippen molar-refractivity contribution in [3.63, 3.8) is 0 Å². The Bertz CT molecular complexity index is 834. The number of ether oxygens (including phenoxy) is 2. The SMILES string of the molecule is COc1ccc(C2CC(C(=O)N3CCN(c4ccccc4OC)CC3)NN2)cc1. The van der Waals surface area contributed by atoms with Gasteiger partial charge < -0.3 is 19.3 Å². The molecular weight excluding hydrogens is 368 g/mol. The number of piperazine rings is 1. The molecule has 1 amide bonds. The summed E-state index contributed by atoms with van der Waals surface area (Å²) in [4.78, 5) is 17.2. The smallest absolute Gasteiger partial charge is 0.241 e. The lowest BCUT2D eigenvalue weighted by atomic mass is 10.0. The van der Waals surface area contributed by atoms with Gasteiger partial charge in [-0.2, -0.15) is 0 Å². The first-order valence-corrected chi connectivity index (χ1v) is 10.0. The second kappa shape index (κ2) is 8.71. The molecule has 2 N–H and O–H groups in total. The molecule has 29 heavy (non-hydrogen) atoms. The van der Waals surface area contributed by atoms with Crippen molar-refractivity contribution in [3.8, 4) is 11.5 Å². The van der Waals surface area contributed by atoms with Gasteiger partial charge in [0.2, 0.25) is 5.91 Å². The fourth-order valence-electron chi connectivity index (χ4n) is 4.05. The van der Waals surface area contributed by atoms with Crippen molar-refractivity contribution >= 4 is 11.6 Å². The zero-order valence-corrected chi connectivity index (χ0v) is 16.9. The molecule has 0 bridgehead atoms. The Labute approximate surface area is 171 Å². The van der Waals surface area contributed by atoms with Crippen LogP contribution in [0.2, 0.25) is 0 Å². The fourth-order valence-corrected chi connectivity index (χ4v) is 4.05. The maximum Gasteiger partial charge on any atom is 0.241 e. The maximum atomic E-state index is 13.0. The Morgan fingerprint density at radius 3 is 2.34 bits per heavy atom. The van der Waals surface area contributed by atoms with Gasteiger partial charge in [-0.1, -0.05) is 24.3 Å². The molecule has 2 heterocycles. The summed E-state index contributed by atoms with van der Waals surface area (Å²) in [6.07, 6.45) is 0.734. The zero-order chi connectivity index (χ0) is 20.2. The highest BCUT2D eigenvalue weighted by Gasteiger charge is 2.34. The summed E-state index contributed by atoms with van der Waals surface area (Å²) in [5, 5.41) is 0. The highest BCUT2D eigenvalue weighted by Crippen LogP contribution is 2.29. The minimum absolute atomic E-state index is 0.115. The van der Waals surface area contributed by atoms with Gasteiger partial charge in [0.15, 0.2) is 0 Å². The lowest BCUT2D eigenvalue weighted by molar-refractivity contribution is -0.133. The van der Waals surface area contributed by atoms with E-state index in [-0.39, 0.29) is 18.0 Å². The summed E-state index contributed by atoms with van der Waals surface area (Å²) in [6.45, 7) is 3.02. The number of anilines is 1. The van der Waals surface area contributed by atoms with Crippen LogP contribution in [0.15, 0.2) is 48.5 Å². The van der Waals surface area contributed by atoms with Crippen molar-refractivity contribution < 1.29 is 14.3 Å². The molecular formula is C22H28N4O3. The monoisotopic (exact) mass is 396 g/mol. The van der Waals surface area contributed by atoms with E-state index in [4.69, 9.17) is 9.47 Å². The molecule has 2 aromatic rings. The van der Waals surface area contributed by atoms with Crippen LogP contribution in [-0.2, 0) is 4.79 Å². The quantitative estimate of drug-likeness (QED) is 0.806. The van der Waals surface area contributed by atoms with E-state index in [1.54, 1.807) is 14.2 Å². The van der Waals surface area contributed by atoms with Crippen LogP contribution < -0.4 is 25.2 Å². The Morgan fingerprint density at radius 1 is 0.931 bits per heavy atom. The third-order valence-electron chi connectivity index (χ3n) is 5.74. The molecule has 7 nitrogen and oxygen atoms in total. The summed E-state index contributed by atoms with van der Waals surface area (Å²) in [5.74, 6) is 1.87. The van der Waals surface area contributed by atoms with Gasteiger partial charge in [0.25, 0.3) is 0 Å². The van der Waals surface area contributed by atoms with Crippen LogP contribution in [-0.4, -0.2) is 57.2 Å². The number of nitrogens with zero attached hydrogens (tertiary/aromatic N) is 2. The van der Waals surface area contributed by atoms with E-state index in [1.807, 2.05) is 47.4 Å². The lowest BCUT2D eigenvalue weighted by Crippen LogP contribution is -2.53. The van der Waals surface area contributed by atoms with E-state index in [2.05, 4.69) is 21.8 Å². The number of hydrogen-bond donors (Lipinski definition) is 2. The third-order valence-corrected chi connectivity index (χ3v) is 5.74. The van der Waals surface area contributed by atoms with Gasteiger partial charge >= 0.3 is 0 Å². The van der Waals surface area contributed by atoms with Crippen LogP contribution in [0.25, 0.3) is 0 Å². The van der Waals surface area contributed by atoms with Gasteiger partial charge in [-0.25, -0.2) is 10.9 Å². The normalized spacial score (nSPS) is 21.9. The average Bonchev–Trinajstić information content (AvgIpc) is 3.29. The molecule has 2 aromatic carbocycles. The number of hydrazine groups is 1. The molecule has 0 aromatic heterocycles.